The van der Waals surface area contributed by atoms with Gasteiger partial charge in [-0.3, -0.25) is 0 Å². The second-order valence-electron chi connectivity index (χ2n) is 6.51. The predicted molar refractivity (Wildman–Crippen MR) is 66.9 cm³/mol. The van der Waals surface area contributed by atoms with Crippen LogP contribution in [-0.4, -0.2) is 30.8 Å². The van der Waals surface area contributed by atoms with Gasteiger partial charge in [-0.1, -0.05) is 0 Å². The van der Waals surface area contributed by atoms with Crippen LogP contribution in [0.3, 0.4) is 0 Å². The number of hydrogen-bond acceptors (Lipinski definition) is 3. The van der Waals surface area contributed by atoms with E-state index in [0.29, 0.717) is 11.5 Å². The lowest BCUT2D eigenvalue weighted by Crippen LogP contribution is -2.38. The van der Waals surface area contributed by atoms with Gasteiger partial charge in [-0.05, 0) is 58.4 Å². The van der Waals surface area contributed by atoms with E-state index in [0.717, 1.165) is 25.9 Å². The van der Waals surface area contributed by atoms with Gasteiger partial charge in [0.15, 0.2) is 0 Å². The van der Waals surface area contributed by atoms with Crippen molar-refractivity contribution in [3.8, 4) is 0 Å². The zero-order valence-electron chi connectivity index (χ0n) is 11.1. The van der Waals surface area contributed by atoms with Gasteiger partial charge in [0.2, 0.25) is 0 Å². The van der Waals surface area contributed by atoms with Gasteiger partial charge in [0.25, 0.3) is 0 Å². The highest BCUT2D eigenvalue weighted by Gasteiger charge is 2.41. The molecule has 0 aromatic heterocycles. The molecule has 98 valence electrons. The van der Waals surface area contributed by atoms with Crippen LogP contribution < -0.4 is 10.6 Å². The van der Waals surface area contributed by atoms with Crippen LogP contribution in [-0.2, 0) is 4.74 Å². The van der Waals surface area contributed by atoms with Gasteiger partial charge in [0.1, 0.15) is 5.60 Å². The van der Waals surface area contributed by atoms with E-state index in [2.05, 4.69) is 10.6 Å². The van der Waals surface area contributed by atoms with Gasteiger partial charge < -0.3 is 15.4 Å². The van der Waals surface area contributed by atoms with Crippen molar-refractivity contribution in [3.63, 3.8) is 0 Å². The van der Waals surface area contributed by atoms with Gasteiger partial charge in [0.05, 0.1) is 0 Å². The van der Waals surface area contributed by atoms with E-state index in [1.807, 2.05) is 20.8 Å². The van der Waals surface area contributed by atoms with E-state index in [1.165, 1.54) is 12.8 Å². The van der Waals surface area contributed by atoms with Crippen molar-refractivity contribution in [2.24, 2.45) is 5.41 Å². The number of ether oxygens (including phenoxy) is 1. The molecule has 1 amide bonds. The minimum absolute atomic E-state index is 0.273. The van der Waals surface area contributed by atoms with Crippen molar-refractivity contribution in [3.05, 3.63) is 0 Å². The van der Waals surface area contributed by atoms with Crippen LogP contribution in [0.4, 0.5) is 4.79 Å². The summed E-state index contributed by atoms with van der Waals surface area (Å²) < 4.78 is 5.29. The summed E-state index contributed by atoms with van der Waals surface area (Å²) in [4.78, 5) is 11.7. The molecule has 1 heterocycles. The predicted octanol–water partition coefficient (Wildman–Crippen LogP) is 2.04. The lowest BCUT2D eigenvalue weighted by atomic mass is 9.85. The monoisotopic (exact) mass is 240 g/mol. The van der Waals surface area contributed by atoms with Crippen LogP contribution in [0.15, 0.2) is 0 Å². The van der Waals surface area contributed by atoms with Crippen LogP contribution >= 0.6 is 0 Å². The summed E-state index contributed by atoms with van der Waals surface area (Å²) in [5.41, 5.74) is 0.0367. The van der Waals surface area contributed by atoms with E-state index < -0.39 is 5.60 Å². The molecule has 2 N–H and O–H groups in total. The molecule has 4 nitrogen and oxygen atoms in total. The second kappa shape index (κ2) is 4.48. The second-order valence-corrected chi connectivity index (χ2v) is 6.51. The normalized spacial score (nSPS) is 33.0. The molecule has 4 heteroatoms. The largest absolute Gasteiger partial charge is 0.444 e. The highest BCUT2D eigenvalue weighted by Crippen LogP contribution is 2.42. The lowest BCUT2D eigenvalue weighted by Gasteiger charge is -2.24. The quantitative estimate of drug-likeness (QED) is 0.737. The first-order valence-electron chi connectivity index (χ1n) is 6.59. The Balaban J connectivity index is 1.79. The Morgan fingerprint density at radius 3 is 2.76 bits per heavy atom. The van der Waals surface area contributed by atoms with Crippen LogP contribution in [0.2, 0.25) is 0 Å². The molecule has 1 saturated carbocycles. The Hall–Kier alpha value is -0.770. The third kappa shape index (κ3) is 3.35. The highest BCUT2D eigenvalue weighted by molar-refractivity contribution is 5.68. The molecule has 17 heavy (non-hydrogen) atoms. The smallest absolute Gasteiger partial charge is 0.407 e. The van der Waals surface area contributed by atoms with E-state index >= 15 is 0 Å². The number of rotatable bonds is 1. The maximum Gasteiger partial charge on any atom is 0.407 e. The Kier molecular flexibility index (Phi) is 3.34. The van der Waals surface area contributed by atoms with Crippen LogP contribution in [0.5, 0.6) is 0 Å². The van der Waals surface area contributed by atoms with E-state index in [1.54, 1.807) is 0 Å². The molecular formula is C13H24N2O2. The summed E-state index contributed by atoms with van der Waals surface area (Å²) in [5, 5.41) is 6.42. The number of alkyl carbamates (subject to hydrolysis) is 1. The first-order valence-corrected chi connectivity index (χ1v) is 6.59. The van der Waals surface area contributed by atoms with Crippen LogP contribution in [0, 0.1) is 5.41 Å². The molecule has 1 saturated heterocycles. The van der Waals surface area contributed by atoms with Gasteiger partial charge in [0, 0.05) is 12.6 Å². The Bertz CT molecular complexity index is 290. The van der Waals surface area contributed by atoms with Crippen molar-refractivity contribution in [2.75, 3.05) is 13.1 Å². The van der Waals surface area contributed by atoms with E-state index in [4.69, 9.17) is 4.74 Å². The van der Waals surface area contributed by atoms with Crippen molar-refractivity contribution in [2.45, 2.75) is 58.1 Å². The highest BCUT2D eigenvalue weighted by atomic mass is 16.6. The fourth-order valence-corrected chi connectivity index (χ4v) is 2.99. The molecule has 2 fully saturated rings. The molecule has 1 aliphatic carbocycles. The number of amides is 1. The van der Waals surface area contributed by atoms with E-state index in [-0.39, 0.29) is 6.09 Å². The zero-order valence-corrected chi connectivity index (χ0v) is 11.1. The van der Waals surface area contributed by atoms with Crippen molar-refractivity contribution < 1.29 is 9.53 Å². The Morgan fingerprint density at radius 1 is 1.41 bits per heavy atom. The Morgan fingerprint density at radius 2 is 2.18 bits per heavy atom. The van der Waals surface area contributed by atoms with Gasteiger partial charge in [-0.15, -0.1) is 0 Å². The van der Waals surface area contributed by atoms with Gasteiger partial charge >= 0.3 is 6.09 Å². The summed E-state index contributed by atoms with van der Waals surface area (Å²) in [7, 11) is 0. The molecule has 0 aromatic carbocycles. The number of carbonyl (C=O) groups is 1. The fourth-order valence-electron chi connectivity index (χ4n) is 2.99. The lowest BCUT2D eigenvalue weighted by molar-refractivity contribution is 0.0503. The summed E-state index contributed by atoms with van der Waals surface area (Å²) in [6.07, 6.45) is 4.38. The summed E-state index contributed by atoms with van der Waals surface area (Å²) in [6.45, 7) is 7.91. The first kappa shape index (κ1) is 12.7. The Labute approximate surface area is 103 Å². The average Bonchev–Trinajstić information content (AvgIpc) is 2.75. The molecule has 1 spiro atoms. The third-order valence-electron chi connectivity index (χ3n) is 3.76. The minimum atomic E-state index is -0.407. The van der Waals surface area contributed by atoms with Gasteiger partial charge in [-0.2, -0.15) is 0 Å². The zero-order chi connectivity index (χ0) is 12.5. The summed E-state index contributed by atoms with van der Waals surface area (Å²) in [6, 6.07) is 0.296. The summed E-state index contributed by atoms with van der Waals surface area (Å²) >= 11 is 0. The van der Waals surface area contributed by atoms with Crippen LogP contribution in [0.1, 0.15) is 46.5 Å². The summed E-state index contributed by atoms with van der Waals surface area (Å²) in [5.74, 6) is 0. The number of carbonyl (C=O) groups excluding carboxylic acids is 1. The maximum absolute atomic E-state index is 11.7. The maximum atomic E-state index is 11.7. The minimum Gasteiger partial charge on any atom is -0.444 e. The fraction of sp³-hybridized carbons (Fsp3) is 0.923. The number of hydrogen-bond donors (Lipinski definition) is 2. The molecule has 2 aliphatic rings. The average molecular weight is 240 g/mol. The molecule has 0 aromatic rings. The molecule has 1 unspecified atom stereocenters. The topological polar surface area (TPSA) is 50.4 Å². The molecule has 0 bridgehead atoms. The standard InChI is InChI=1S/C13H24N2O2/c1-12(2,3)17-11(16)15-10-4-5-13(8-10)6-7-14-9-13/h10,14H,4-9H2,1-3H3,(H,15,16)/t10-,13?/m1/s1. The third-order valence-corrected chi connectivity index (χ3v) is 3.76. The molecule has 1 aliphatic heterocycles. The molecule has 2 rings (SSSR count). The number of nitrogens with one attached hydrogen (secondary N) is 2. The van der Waals surface area contributed by atoms with Crippen molar-refractivity contribution >= 4 is 6.09 Å². The first-order chi connectivity index (χ1) is 7.89. The molecule has 2 atom stereocenters. The van der Waals surface area contributed by atoms with Crippen molar-refractivity contribution in [1.29, 1.82) is 0 Å². The molecular weight excluding hydrogens is 216 g/mol. The van der Waals surface area contributed by atoms with Gasteiger partial charge in [-0.25, -0.2) is 4.79 Å². The van der Waals surface area contributed by atoms with Crippen LogP contribution in [0.25, 0.3) is 0 Å². The SMILES string of the molecule is CC(C)(C)OC(=O)N[C@@H]1CCC2(CCNC2)C1. The van der Waals surface area contributed by atoms with Crippen molar-refractivity contribution in [1.82, 2.24) is 10.6 Å². The van der Waals surface area contributed by atoms with E-state index in [9.17, 15) is 4.79 Å². The molecule has 0 radical (unpaired) electrons.